The number of carbonyl (C=O) groups is 2. The van der Waals surface area contributed by atoms with Crippen LogP contribution >= 0.6 is 23.4 Å². The Morgan fingerprint density at radius 2 is 1.84 bits per heavy atom. The van der Waals surface area contributed by atoms with Crippen LogP contribution in [0.2, 0.25) is 0 Å². The predicted molar refractivity (Wildman–Crippen MR) is 124 cm³/mol. The van der Waals surface area contributed by atoms with Gasteiger partial charge in [-0.15, -0.1) is 23.4 Å². The Bertz CT molecular complexity index is 1190. The third-order valence-electron chi connectivity index (χ3n) is 6.38. The summed E-state index contributed by atoms with van der Waals surface area (Å²) in [6, 6.07) is 14.2. The number of piperidine rings is 1. The molecule has 0 radical (unpaired) electrons. The average Bonchev–Trinajstić information content (AvgIpc) is 3.40. The zero-order valence-corrected chi connectivity index (χ0v) is 18.9. The molecular weight excluding hydrogens is 451 g/mol. The Morgan fingerprint density at radius 1 is 1.09 bits per heavy atom. The first-order chi connectivity index (χ1) is 15.5. The van der Waals surface area contributed by atoms with Crippen LogP contribution in [0.25, 0.3) is 22.1 Å². The first kappa shape index (κ1) is 21.3. The number of nitrogens with zero attached hydrogens (tertiary/aromatic N) is 2. The maximum Gasteiger partial charge on any atom is 0.237 e. The van der Waals surface area contributed by atoms with E-state index in [0.29, 0.717) is 55.1 Å². The number of thioether (sulfide) groups is 1. The summed E-state index contributed by atoms with van der Waals surface area (Å²) < 4.78 is 20.3. The number of hydrogen-bond donors (Lipinski definition) is 0. The second-order valence-electron chi connectivity index (χ2n) is 8.14. The van der Waals surface area contributed by atoms with Crippen molar-refractivity contribution in [2.45, 2.75) is 24.3 Å². The molecule has 3 aromatic rings. The van der Waals surface area contributed by atoms with Crippen LogP contribution in [0.5, 0.6) is 0 Å². The summed E-state index contributed by atoms with van der Waals surface area (Å²) in [6.07, 6.45) is 1.42. The van der Waals surface area contributed by atoms with Crippen LogP contribution < -0.4 is 0 Å². The maximum atomic E-state index is 14.2. The minimum atomic E-state index is -0.324. The van der Waals surface area contributed by atoms with Gasteiger partial charge in [0.1, 0.15) is 23.2 Å². The predicted octanol–water partition coefficient (Wildman–Crippen LogP) is 4.87. The van der Waals surface area contributed by atoms with E-state index in [1.807, 2.05) is 35.2 Å². The Kier molecular flexibility index (Phi) is 5.63. The summed E-state index contributed by atoms with van der Waals surface area (Å²) in [4.78, 5) is 28.0. The lowest BCUT2D eigenvalue weighted by atomic mass is 10.0. The fraction of sp³-hybridized carbons (Fsp3) is 0.333. The fourth-order valence-corrected chi connectivity index (χ4v) is 6.17. The van der Waals surface area contributed by atoms with Crippen molar-refractivity contribution in [3.05, 3.63) is 60.1 Å². The van der Waals surface area contributed by atoms with Gasteiger partial charge < -0.3 is 14.2 Å². The van der Waals surface area contributed by atoms with Gasteiger partial charge in [0.15, 0.2) is 0 Å². The van der Waals surface area contributed by atoms with Crippen molar-refractivity contribution in [2.75, 3.05) is 24.7 Å². The molecule has 2 fully saturated rings. The highest BCUT2D eigenvalue weighted by molar-refractivity contribution is 8.01. The third-order valence-corrected chi connectivity index (χ3v) is 8.17. The molecule has 5 rings (SSSR count). The molecule has 2 aromatic carbocycles. The maximum absolute atomic E-state index is 14.2. The molecule has 166 valence electrons. The molecular formula is C24H22ClFN2O3S. The zero-order chi connectivity index (χ0) is 22.3. The van der Waals surface area contributed by atoms with Crippen molar-refractivity contribution in [1.82, 2.24) is 9.80 Å². The molecule has 2 aliphatic rings. The number of rotatable bonds is 4. The lowest BCUT2D eigenvalue weighted by Gasteiger charge is -2.43. The number of furan rings is 1. The quantitative estimate of drug-likeness (QED) is 0.508. The second kappa shape index (κ2) is 8.45. The number of likely N-dealkylation sites (tertiary alicyclic amines) is 1. The van der Waals surface area contributed by atoms with Crippen molar-refractivity contribution in [1.29, 1.82) is 0 Å². The average molecular weight is 473 g/mol. The van der Waals surface area contributed by atoms with Gasteiger partial charge in [0, 0.05) is 24.0 Å². The normalized spacial score (nSPS) is 18.1. The third kappa shape index (κ3) is 3.67. The number of hydrogen-bond acceptors (Lipinski definition) is 4. The molecule has 1 aromatic heterocycles. The summed E-state index contributed by atoms with van der Waals surface area (Å²) in [5.74, 6) is 1.49. The molecule has 0 unspecified atom stereocenters. The van der Waals surface area contributed by atoms with Crippen molar-refractivity contribution >= 4 is 45.9 Å². The van der Waals surface area contributed by atoms with Gasteiger partial charge in [-0.05, 0) is 42.5 Å². The van der Waals surface area contributed by atoms with Crippen molar-refractivity contribution in [3.63, 3.8) is 0 Å². The van der Waals surface area contributed by atoms with Gasteiger partial charge in [-0.1, -0.05) is 24.3 Å². The smallest absolute Gasteiger partial charge is 0.237 e. The number of amides is 2. The summed E-state index contributed by atoms with van der Waals surface area (Å²) in [5.41, 5.74) is 0.818. The monoisotopic (exact) mass is 472 g/mol. The number of halogens is 2. The minimum Gasteiger partial charge on any atom is -0.459 e. The molecule has 32 heavy (non-hydrogen) atoms. The van der Waals surface area contributed by atoms with Crippen LogP contribution in [0.4, 0.5) is 4.39 Å². The van der Waals surface area contributed by atoms with Gasteiger partial charge in [0.2, 0.25) is 11.8 Å². The molecule has 0 saturated carbocycles. The van der Waals surface area contributed by atoms with Gasteiger partial charge in [-0.3, -0.25) is 9.59 Å². The summed E-state index contributed by atoms with van der Waals surface area (Å²) in [7, 11) is 0. The number of benzene rings is 2. The number of carbonyl (C=O) groups excluding carboxylic acids is 2. The first-order valence-corrected chi connectivity index (χ1v) is 12.1. The van der Waals surface area contributed by atoms with Crippen molar-refractivity contribution < 1.29 is 18.4 Å². The molecule has 2 amide bonds. The van der Waals surface area contributed by atoms with E-state index in [-0.39, 0.29) is 28.4 Å². The molecule has 0 aliphatic carbocycles. The molecule has 5 nitrogen and oxygen atoms in total. The SMILES string of the molecule is O=C(CCl)N1CCC2(CC1)SCC(=O)N2Cc1ccc(-c2ccc(F)c3ccccc23)o1. The van der Waals surface area contributed by atoms with E-state index in [1.54, 1.807) is 28.8 Å². The Morgan fingerprint density at radius 3 is 2.59 bits per heavy atom. The fourth-order valence-electron chi connectivity index (χ4n) is 4.66. The van der Waals surface area contributed by atoms with Crippen LogP contribution in [0.15, 0.2) is 52.9 Å². The standard InChI is InChI=1S/C24H22ClFN2O3S/c25-13-22(29)27-11-9-24(10-12-27)28(23(30)15-32-24)14-16-5-8-21(31-16)19-6-7-20(26)18-4-2-1-3-17(18)19/h1-8H,9-15H2. The van der Waals surface area contributed by atoms with E-state index >= 15 is 0 Å². The van der Waals surface area contributed by atoms with Crippen LogP contribution in [-0.4, -0.2) is 51.2 Å². The van der Waals surface area contributed by atoms with E-state index in [4.69, 9.17) is 16.0 Å². The highest BCUT2D eigenvalue weighted by atomic mass is 35.5. The zero-order valence-electron chi connectivity index (χ0n) is 17.4. The highest BCUT2D eigenvalue weighted by Gasteiger charge is 2.48. The van der Waals surface area contributed by atoms with E-state index in [2.05, 4.69) is 0 Å². The Hall–Kier alpha value is -2.51. The van der Waals surface area contributed by atoms with Gasteiger partial charge in [0.25, 0.3) is 0 Å². The molecule has 1 spiro atoms. The second-order valence-corrected chi connectivity index (χ2v) is 9.74. The molecule has 0 bridgehead atoms. The van der Waals surface area contributed by atoms with E-state index < -0.39 is 0 Å². The van der Waals surface area contributed by atoms with Crippen LogP contribution in [-0.2, 0) is 16.1 Å². The van der Waals surface area contributed by atoms with Crippen molar-refractivity contribution in [3.8, 4) is 11.3 Å². The van der Waals surface area contributed by atoms with Gasteiger partial charge in [0.05, 0.1) is 17.2 Å². The molecule has 0 atom stereocenters. The summed E-state index contributed by atoms with van der Waals surface area (Å²) >= 11 is 7.35. The molecule has 2 aliphatic heterocycles. The van der Waals surface area contributed by atoms with Crippen LogP contribution in [0, 0.1) is 5.82 Å². The van der Waals surface area contributed by atoms with Gasteiger partial charge in [-0.2, -0.15) is 0 Å². The lowest BCUT2D eigenvalue weighted by molar-refractivity contribution is -0.134. The van der Waals surface area contributed by atoms with E-state index in [1.165, 1.54) is 6.07 Å². The summed E-state index contributed by atoms with van der Waals surface area (Å²) in [5, 5.41) is 1.33. The largest absolute Gasteiger partial charge is 0.459 e. The Balaban J connectivity index is 1.38. The van der Waals surface area contributed by atoms with Crippen LogP contribution in [0.3, 0.4) is 0 Å². The van der Waals surface area contributed by atoms with E-state index in [0.717, 1.165) is 10.9 Å². The highest BCUT2D eigenvalue weighted by Crippen LogP contribution is 2.45. The minimum absolute atomic E-state index is 0.0178. The Labute approximate surface area is 194 Å². The van der Waals surface area contributed by atoms with E-state index in [9.17, 15) is 14.0 Å². The lowest BCUT2D eigenvalue weighted by Crippen LogP contribution is -2.52. The summed E-state index contributed by atoms with van der Waals surface area (Å²) in [6.45, 7) is 1.55. The number of alkyl halides is 1. The topological polar surface area (TPSA) is 53.8 Å². The molecule has 8 heteroatoms. The molecule has 3 heterocycles. The van der Waals surface area contributed by atoms with Gasteiger partial charge in [-0.25, -0.2) is 4.39 Å². The van der Waals surface area contributed by atoms with Crippen LogP contribution in [0.1, 0.15) is 18.6 Å². The van der Waals surface area contributed by atoms with Crippen molar-refractivity contribution in [2.24, 2.45) is 0 Å². The molecule has 2 saturated heterocycles. The molecule has 0 N–H and O–H groups in total. The number of fused-ring (bicyclic) bond motifs is 1. The first-order valence-electron chi connectivity index (χ1n) is 10.6. The van der Waals surface area contributed by atoms with Gasteiger partial charge >= 0.3 is 0 Å².